The van der Waals surface area contributed by atoms with Gasteiger partial charge in [-0.25, -0.2) is 9.97 Å². The molecule has 1 aromatic carbocycles. The van der Waals surface area contributed by atoms with E-state index in [0.29, 0.717) is 0 Å². The van der Waals surface area contributed by atoms with Gasteiger partial charge in [0.05, 0.1) is 11.4 Å². The minimum absolute atomic E-state index is 0.00451. The van der Waals surface area contributed by atoms with Gasteiger partial charge in [-0.05, 0) is 30.0 Å². The standard InChI is InChI=1S/C22H25N5OS/c1-2-19-23-20(17-9-15-29-21(17)24-19)26-13-11-25(12-14-26)18-8-10-27(22(18)28)16-6-4-3-5-7-16/h3-7,9,15,18H,2,8,10-14H2,1H3/t18-/m1/s1. The molecule has 2 aliphatic heterocycles. The van der Waals surface area contributed by atoms with Gasteiger partial charge in [-0.3, -0.25) is 9.69 Å². The summed E-state index contributed by atoms with van der Waals surface area (Å²) in [6.07, 6.45) is 1.74. The van der Waals surface area contributed by atoms with Crippen molar-refractivity contribution in [3.63, 3.8) is 0 Å². The van der Waals surface area contributed by atoms with Crippen LogP contribution in [0.4, 0.5) is 11.5 Å². The Balaban J connectivity index is 1.29. The Hall–Kier alpha value is -2.51. The molecule has 150 valence electrons. The van der Waals surface area contributed by atoms with Gasteiger partial charge in [0.2, 0.25) is 5.91 Å². The summed E-state index contributed by atoms with van der Waals surface area (Å²) >= 11 is 1.68. The summed E-state index contributed by atoms with van der Waals surface area (Å²) in [5, 5.41) is 3.24. The fraction of sp³-hybridized carbons (Fsp3) is 0.409. The van der Waals surface area contributed by atoms with E-state index in [1.54, 1.807) is 11.3 Å². The molecule has 0 spiro atoms. The molecule has 1 amide bonds. The normalized spacial score (nSPS) is 20.7. The number of hydrogen-bond donors (Lipinski definition) is 0. The average molecular weight is 408 g/mol. The number of benzene rings is 1. The Morgan fingerprint density at radius 2 is 1.83 bits per heavy atom. The van der Waals surface area contributed by atoms with Crippen LogP contribution in [0.1, 0.15) is 19.2 Å². The van der Waals surface area contributed by atoms with E-state index in [9.17, 15) is 4.79 Å². The summed E-state index contributed by atoms with van der Waals surface area (Å²) in [6.45, 7) is 6.45. The number of aromatic nitrogens is 2. The van der Waals surface area contributed by atoms with Gasteiger partial charge in [-0.15, -0.1) is 11.3 Å². The Labute approximate surface area is 174 Å². The molecule has 0 radical (unpaired) electrons. The summed E-state index contributed by atoms with van der Waals surface area (Å²) in [4.78, 5) is 30.2. The van der Waals surface area contributed by atoms with Crippen molar-refractivity contribution in [2.45, 2.75) is 25.8 Å². The van der Waals surface area contributed by atoms with E-state index in [4.69, 9.17) is 4.98 Å². The number of fused-ring (bicyclic) bond motifs is 1. The molecule has 4 heterocycles. The first-order chi connectivity index (χ1) is 14.2. The van der Waals surface area contributed by atoms with E-state index in [0.717, 1.165) is 73.1 Å². The van der Waals surface area contributed by atoms with Crippen LogP contribution >= 0.6 is 11.3 Å². The average Bonchev–Trinajstić information content (AvgIpc) is 3.40. The second-order valence-electron chi connectivity index (χ2n) is 7.61. The van der Waals surface area contributed by atoms with Crippen LogP contribution in [0.15, 0.2) is 41.8 Å². The Kier molecular flexibility index (Phi) is 4.93. The number of carbonyl (C=O) groups excluding carboxylic acids is 1. The lowest BCUT2D eigenvalue weighted by molar-refractivity contribution is -0.121. The Bertz CT molecular complexity index is 1010. The third kappa shape index (κ3) is 3.38. The summed E-state index contributed by atoms with van der Waals surface area (Å²) < 4.78 is 0. The lowest BCUT2D eigenvalue weighted by atomic mass is 10.1. The van der Waals surface area contributed by atoms with E-state index in [1.165, 1.54) is 0 Å². The van der Waals surface area contributed by atoms with Crippen molar-refractivity contribution in [1.29, 1.82) is 0 Å². The topological polar surface area (TPSA) is 52.6 Å². The first-order valence-corrected chi connectivity index (χ1v) is 11.2. The van der Waals surface area contributed by atoms with Crippen molar-refractivity contribution in [1.82, 2.24) is 14.9 Å². The van der Waals surface area contributed by atoms with Crippen LogP contribution in [0.5, 0.6) is 0 Å². The highest BCUT2D eigenvalue weighted by molar-refractivity contribution is 7.16. The molecular formula is C22H25N5OS. The van der Waals surface area contributed by atoms with E-state index < -0.39 is 0 Å². The maximum absolute atomic E-state index is 13.0. The van der Waals surface area contributed by atoms with Gasteiger partial charge >= 0.3 is 0 Å². The molecule has 0 saturated carbocycles. The van der Waals surface area contributed by atoms with E-state index in [1.807, 2.05) is 35.2 Å². The Morgan fingerprint density at radius 3 is 2.59 bits per heavy atom. The molecule has 6 nitrogen and oxygen atoms in total. The molecule has 2 fully saturated rings. The van der Waals surface area contributed by atoms with E-state index in [-0.39, 0.29) is 11.9 Å². The number of anilines is 2. The molecule has 2 aromatic heterocycles. The molecule has 0 bridgehead atoms. The molecule has 2 aliphatic rings. The number of hydrogen-bond acceptors (Lipinski definition) is 6. The minimum atomic E-state index is -0.00451. The number of thiophene rings is 1. The summed E-state index contributed by atoms with van der Waals surface area (Å²) in [5.74, 6) is 2.19. The fourth-order valence-electron chi connectivity index (χ4n) is 4.40. The highest BCUT2D eigenvalue weighted by Gasteiger charge is 2.38. The SMILES string of the molecule is CCc1nc(N2CCN([C@@H]3CCN(c4ccccc4)C3=O)CC2)c2ccsc2n1. The molecule has 2 saturated heterocycles. The largest absolute Gasteiger partial charge is 0.353 e. The third-order valence-corrected chi connectivity index (χ3v) is 6.77. The van der Waals surface area contributed by atoms with Crippen molar-refractivity contribution in [2.24, 2.45) is 0 Å². The second kappa shape index (κ2) is 7.72. The molecule has 1 atom stereocenters. The quantitative estimate of drug-likeness (QED) is 0.665. The summed E-state index contributed by atoms with van der Waals surface area (Å²) in [7, 11) is 0. The molecule has 0 aliphatic carbocycles. The first-order valence-electron chi connectivity index (χ1n) is 10.3. The molecular weight excluding hydrogens is 382 g/mol. The van der Waals surface area contributed by atoms with Crippen LogP contribution in [0, 0.1) is 0 Å². The van der Waals surface area contributed by atoms with Crippen LogP contribution in [-0.4, -0.2) is 59.5 Å². The van der Waals surface area contributed by atoms with Crippen LogP contribution in [0.25, 0.3) is 10.2 Å². The molecule has 5 rings (SSSR count). The fourth-order valence-corrected chi connectivity index (χ4v) is 5.17. The highest BCUT2D eigenvalue weighted by atomic mass is 32.1. The van der Waals surface area contributed by atoms with Crippen molar-refractivity contribution in [3.8, 4) is 0 Å². The van der Waals surface area contributed by atoms with Crippen molar-refractivity contribution < 1.29 is 4.79 Å². The van der Waals surface area contributed by atoms with Gasteiger partial charge in [0.15, 0.2) is 0 Å². The maximum Gasteiger partial charge on any atom is 0.244 e. The van der Waals surface area contributed by atoms with Crippen LogP contribution in [0.3, 0.4) is 0 Å². The van der Waals surface area contributed by atoms with Gasteiger partial charge in [-0.1, -0.05) is 25.1 Å². The number of aryl methyl sites for hydroxylation is 1. The maximum atomic E-state index is 13.0. The number of nitrogens with zero attached hydrogens (tertiary/aromatic N) is 5. The van der Waals surface area contributed by atoms with Gasteiger partial charge in [0.25, 0.3) is 0 Å². The third-order valence-electron chi connectivity index (χ3n) is 5.97. The number of rotatable bonds is 4. The zero-order valence-corrected chi connectivity index (χ0v) is 17.4. The van der Waals surface area contributed by atoms with Crippen molar-refractivity contribution in [2.75, 3.05) is 42.5 Å². The van der Waals surface area contributed by atoms with Crippen LogP contribution in [-0.2, 0) is 11.2 Å². The van der Waals surface area contributed by atoms with Crippen molar-refractivity contribution >= 4 is 39.0 Å². The summed E-state index contributed by atoms with van der Waals surface area (Å²) in [5.41, 5.74) is 1.01. The smallest absolute Gasteiger partial charge is 0.244 e. The second-order valence-corrected chi connectivity index (χ2v) is 8.50. The first kappa shape index (κ1) is 18.5. The number of amides is 1. The van der Waals surface area contributed by atoms with Crippen molar-refractivity contribution in [3.05, 3.63) is 47.6 Å². The number of para-hydroxylation sites is 1. The predicted molar refractivity (Wildman–Crippen MR) is 118 cm³/mol. The zero-order chi connectivity index (χ0) is 19.8. The molecule has 29 heavy (non-hydrogen) atoms. The lowest BCUT2D eigenvalue weighted by Crippen LogP contribution is -2.52. The van der Waals surface area contributed by atoms with Gasteiger partial charge < -0.3 is 9.80 Å². The monoisotopic (exact) mass is 407 g/mol. The van der Waals surface area contributed by atoms with E-state index in [2.05, 4.69) is 33.2 Å². The summed E-state index contributed by atoms with van der Waals surface area (Å²) in [6, 6.07) is 12.1. The lowest BCUT2D eigenvalue weighted by Gasteiger charge is -2.38. The van der Waals surface area contributed by atoms with E-state index >= 15 is 0 Å². The van der Waals surface area contributed by atoms with Gasteiger partial charge in [-0.2, -0.15) is 0 Å². The molecule has 7 heteroatoms. The molecule has 0 N–H and O–H groups in total. The van der Waals surface area contributed by atoms with Crippen LogP contribution < -0.4 is 9.80 Å². The molecule has 3 aromatic rings. The minimum Gasteiger partial charge on any atom is -0.353 e. The number of carbonyl (C=O) groups is 1. The van der Waals surface area contributed by atoms with Gasteiger partial charge in [0.1, 0.15) is 16.5 Å². The molecule has 0 unspecified atom stereocenters. The zero-order valence-electron chi connectivity index (χ0n) is 16.6. The Morgan fingerprint density at radius 1 is 1.03 bits per heavy atom. The van der Waals surface area contributed by atoms with Crippen LogP contribution in [0.2, 0.25) is 0 Å². The predicted octanol–water partition coefficient (Wildman–Crippen LogP) is 3.18. The highest BCUT2D eigenvalue weighted by Crippen LogP contribution is 2.30. The number of piperazine rings is 1. The van der Waals surface area contributed by atoms with Gasteiger partial charge in [0, 0.05) is 44.8 Å².